The predicted octanol–water partition coefficient (Wildman–Crippen LogP) is 4.12. The summed E-state index contributed by atoms with van der Waals surface area (Å²) >= 11 is 4.58. The summed E-state index contributed by atoms with van der Waals surface area (Å²) in [6, 6.07) is 0.474. The van der Waals surface area contributed by atoms with Gasteiger partial charge in [0.2, 0.25) is 5.91 Å². The summed E-state index contributed by atoms with van der Waals surface area (Å²) in [6.07, 6.45) is 2.20. The number of thiol groups is 1. The van der Waals surface area contributed by atoms with Gasteiger partial charge in [-0.25, -0.2) is 0 Å². The second-order valence-electron chi connectivity index (χ2n) is 9.93. The molecular formula is C21H44N2O3S. The summed E-state index contributed by atoms with van der Waals surface area (Å²) < 4.78 is 11.5. The molecule has 0 heterocycles. The molecule has 0 rings (SSSR count). The first-order chi connectivity index (χ1) is 12.1. The van der Waals surface area contributed by atoms with Crippen LogP contribution in [0.15, 0.2) is 0 Å². The monoisotopic (exact) mass is 404 g/mol. The van der Waals surface area contributed by atoms with Gasteiger partial charge >= 0.3 is 0 Å². The highest BCUT2D eigenvalue weighted by Gasteiger charge is 2.28. The molecule has 162 valence electrons. The van der Waals surface area contributed by atoms with E-state index in [0.717, 1.165) is 12.8 Å². The lowest BCUT2D eigenvalue weighted by Crippen LogP contribution is -2.36. The Kier molecular flexibility index (Phi) is 11.5. The molecule has 0 saturated heterocycles. The molecule has 0 saturated carbocycles. The maximum absolute atomic E-state index is 12.2. The average molecular weight is 405 g/mol. The quantitative estimate of drug-likeness (QED) is 0.260. The van der Waals surface area contributed by atoms with Crippen molar-refractivity contribution in [2.75, 3.05) is 33.5 Å². The van der Waals surface area contributed by atoms with E-state index in [1.54, 1.807) is 0 Å². The number of ether oxygens (including phenoxy) is 2. The molecule has 1 N–H and O–H groups in total. The summed E-state index contributed by atoms with van der Waals surface area (Å²) in [5, 5.41) is 2.96. The van der Waals surface area contributed by atoms with Crippen LogP contribution in [0.1, 0.15) is 74.7 Å². The molecule has 0 aromatic carbocycles. The molecule has 1 amide bonds. The van der Waals surface area contributed by atoms with Crippen LogP contribution in [0.2, 0.25) is 0 Å². The summed E-state index contributed by atoms with van der Waals surface area (Å²) in [6.45, 7) is 19.1. The predicted molar refractivity (Wildman–Crippen MR) is 117 cm³/mol. The Morgan fingerprint density at radius 1 is 1.11 bits per heavy atom. The van der Waals surface area contributed by atoms with Gasteiger partial charge in [-0.3, -0.25) is 9.69 Å². The van der Waals surface area contributed by atoms with Crippen LogP contribution in [-0.2, 0) is 14.3 Å². The molecule has 0 spiro atoms. The van der Waals surface area contributed by atoms with E-state index in [4.69, 9.17) is 9.47 Å². The van der Waals surface area contributed by atoms with Gasteiger partial charge in [0.1, 0.15) is 0 Å². The van der Waals surface area contributed by atoms with Gasteiger partial charge in [-0.05, 0) is 53.0 Å². The van der Waals surface area contributed by atoms with Crippen LogP contribution in [0.25, 0.3) is 0 Å². The summed E-state index contributed by atoms with van der Waals surface area (Å²) in [7, 11) is 2.05. The molecule has 0 bridgehead atoms. The zero-order valence-corrected chi connectivity index (χ0v) is 20.0. The SMILES string of the molecule is CC(C)N(C)COCCC(C)(C)OCCNC(=O)CC(C)(C)CC(C)(C)S. The van der Waals surface area contributed by atoms with Crippen molar-refractivity contribution in [3.8, 4) is 0 Å². The fourth-order valence-corrected chi connectivity index (χ4v) is 3.42. The lowest BCUT2D eigenvalue weighted by molar-refractivity contribution is -0.124. The molecule has 0 aliphatic rings. The first kappa shape index (κ1) is 26.7. The first-order valence-corrected chi connectivity index (χ1v) is 10.5. The van der Waals surface area contributed by atoms with Gasteiger partial charge in [0.15, 0.2) is 0 Å². The Morgan fingerprint density at radius 3 is 2.22 bits per heavy atom. The fraction of sp³-hybridized carbons (Fsp3) is 0.952. The Morgan fingerprint density at radius 2 is 1.70 bits per heavy atom. The van der Waals surface area contributed by atoms with E-state index in [0.29, 0.717) is 39.0 Å². The first-order valence-electron chi connectivity index (χ1n) is 10.0. The molecule has 0 aromatic rings. The molecule has 0 fully saturated rings. The van der Waals surface area contributed by atoms with Crippen LogP contribution < -0.4 is 5.32 Å². The summed E-state index contributed by atoms with van der Waals surface area (Å²) in [4.78, 5) is 14.3. The smallest absolute Gasteiger partial charge is 0.220 e. The number of amides is 1. The van der Waals surface area contributed by atoms with Gasteiger partial charge in [-0.2, -0.15) is 12.6 Å². The minimum Gasteiger partial charge on any atom is -0.374 e. The number of nitrogens with one attached hydrogen (secondary N) is 1. The molecule has 0 aliphatic carbocycles. The molecule has 0 radical (unpaired) electrons. The summed E-state index contributed by atoms with van der Waals surface area (Å²) in [5.41, 5.74) is -0.341. The molecule has 5 nitrogen and oxygen atoms in total. The van der Waals surface area contributed by atoms with Gasteiger partial charge in [-0.15, -0.1) is 0 Å². The molecule has 0 aromatic heterocycles. The zero-order valence-electron chi connectivity index (χ0n) is 19.1. The number of rotatable bonds is 14. The topological polar surface area (TPSA) is 50.8 Å². The van der Waals surface area contributed by atoms with Gasteiger partial charge in [0.05, 0.1) is 25.5 Å². The second-order valence-corrected chi connectivity index (χ2v) is 11.1. The van der Waals surface area contributed by atoms with Crippen LogP contribution in [0.4, 0.5) is 0 Å². The van der Waals surface area contributed by atoms with Gasteiger partial charge in [0, 0.05) is 23.8 Å². The maximum atomic E-state index is 12.2. The van der Waals surface area contributed by atoms with E-state index in [1.807, 2.05) is 7.05 Å². The van der Waals surface area contributed by atoms with Gasteiger partial charge < -0.3 is 14.8 Å². The number of hydrogen-bond acceptors (Lipinski definition) is 5. The number of carbonyl (C=O) groups excluding carboxylic acids is 1. The Hall–Kier alpha value is -0.300. The normalized spacial score (nSPS) is 13.5. The highest BCUT2D eigenvalue weighted by atomic mass is 32.1. The third kappa shape index (κ3) is 15.3. The van der Waals surface area contributed by atoms with E-state index in [2.05, 4.69) is 78.2 Å². The van der Waals surface area contributed by atoms with E-state index < -0.39 is 0 Å². The maximum Gasteiger partial charge on any atom is 0.220 e. The number of carbonyl (C=O) groups is 1. The highest BCUT2D eigenvalue weighted by Crippen LogP contribution is 2.34. The van der Waals surface area contributed by atoms with Crippen LogP contribution in [0.5, 0.6) is 0 Å². The van der Waals surface area contributed by atoms with Crippen molar-refractivity contribution in [1.29, 1.82) is 0 Å². The molecule has 0 atom stereocenters. The van der Waals surface area contributed by atoms with Gasteiger partial charge in [0.25, 0.3) is 0 Å². The largest absolute Gasteiger partial charge is 0.374 e. The third-order valence-electron chi connectivity index (χ3n) is 4.49. The fourth-order valence-electron chi connectivity index (χ4n) is 3.00. The van der Waals surface area contributed by atoms with E-state index in [-0.39, 0.29) is 21.7 Å². The molecule has 6 heteroatoms. The van der Waals surface area contributed by atoms with E-state index in [9.17, 15) is 4.79 Å². The van der Waals surface area contributed by atoms with Gasteiger partial charge in [-0.1, -0.05) is 27.7 Å². The van der Waals surface area contributed by atoms with E-state index in [1.165, 1.54) is 0 Å². The Balaban J connectivity index is 3.99. The standard InChI is InChI=1S/C21H44N2O3S/c1-17(2)23(9)16-25-12-10-20(5,6)26-13-11-22-18(24)14-19(3,4)15-21(7,8)27/h17,27H,10-16H2,1-9H3,(H,22,24). The van der Waals surface area contributed by atoms with Crippen molar-refractivity contribution in [3.05, 3.63) is 0 Å². The Bertz CT molecular complexity index is 432. The average Bonchev–Trinajstić information content (AvgIpc) is 2.44. The highest BCUT2D eigenvalue weighted by molar-refractivity contribution is 7.81. The number of hydrogen-bond donors (Lipinski definition) is 2. The van der Waals surface area contributed by atoms with Crippen molar-refractivity contribution >= 4 is 18.5 Å². The van der Waals surface area contributed by atoms with Crippen molar-refractivity contribution in [2.45, 2.75) is 91.0 Å². The van der Waals surface area contributed by atoms with Crippen molar-refractivity contribution in [1.82, 2.24) is 10.2 Å². The van der Waals surface area contributed by atoms with Crippen molar-refractivity contribution < 1.29 is 14.3 Å². The van der Waals surface area contributed by atoms with Crippen LogP contribution >= 0.6 is 12.6 Å². The minimum atomic E-state index is -0.267. The van der Waals surface area contributed by atoms with E-state index >= 15 is 0 Å². The molecule has 0 aliphatic heterocycles. The molecular weight excluding hydrogens is 360 g/mol. The zero-order chi connectivity index (χ0) is 21.3. The Labute approximate surface area is 173 Å². The third-order valence-corrected chi connectivity index (χ3v) is 4.65. The lowest BCUT2D eigenvalue weighted by atomic mass is 9.80. The van der Waals surface area contributed by atoms with Crippen LogP contribution in [0.3, 0.4) is 0 Å². The lowest BCUT2D eigenvalue weighted by Gasteiger charge is -2.31. The second kappa shape index (κ2) is 11.6. The van der Waals surface area contributed by atoms with Crippen molar-refractivity contribution in [3.63, 3.8) is 0 Å². The molecule has 0 unspecified atom stereocenters. The minimum absolute atomic E-state index is 0.0686. The van der Waals surface area contributed by atoms with Crippen molar-refractivity contribution in [2.24, 2.45) is 5.41 Å². The molecule has 27 heavy (non-hydrogen) atoms. The summed E-state index contributed by atoms with van der Waals surface area (Å²) in [5.74, 6) is 0.0686. The van der Waals surface area contributed by atoms with Crippen LogP contribution in [0, 0.1) is 5.41 Å². The van der Waals surface area contributed by atoms with Crippen LogP contribution in [-0.4, -0.2) is 60.7 Å². The number of nitrogens with zero attached hydrogens (tertiary/aromatic N) is 1.